The molecule has 1 N–H and O–H groups in total. The fourth-order valence-corrected chi connectivity index (χ4v) is 3.04. The fourth-order valence-electron chi connectivity index (χ4n) is 3.04. The Morgan fingerprint density at radius 1 is 1.30 bits per heavy atom. The Morgan fingerprint density at radius 2 is 2.00 bits per heavy atom. The van der Waals surface area contributed by atoms with E-state index in [0.717, 1.165) is 25.3 Å². The van der Waals surface area contributed by atoms with Gasteiger partial charge in [0.2, 0.25) is 0 Å². The van der Waals surface area contributed by atoms with Crippen LogP contribution in [0.5, 0.6) is 0 Å². The molecular formula is C15H20F3NO. The molecule has 0 aromatic heterocycles. The van der Waals surface area contributed by atoms with Crippen LogP contribution in [0, 0.1) is 0 Å². The lowest BCUT2D eigenvalue weighted by atomic mass is 10.1. The largest absolute Gasteiger partial charge is 0.418 e. The number of aliphatic hydroxyl groups excluding tert-OH is 1. The first-order chi connectivity index (χ1) is 9.38. The average Bonchev–Trinajstić information content (AvgIpc) is 2.78. The number of hydrogen-bond acceptors (Lipinski definition) is 2. The first kappa shape index (κ1) is 15.2. The molecule has 0 radical (unpaired) electrons. The highest BCUT2D eigenvalue weighted by Crippen LogP contribution is 2.41. The van der Waals surface area contributed by atoms with Crippen molar-refractivity contribution in [2.24, 2.45) is 0 Å². The van der Waals surface area contributed by atoms with E-state index in [-0.39, 0.29) is 24.4 Å². The van der Waals surface area contributed by atoms with Crippen LogP contribution in [0.3, 0.4) is 0 Å². The van der Waals surface area contributed by atoms with Gasteiger partial charge in [0.05, 0.1) is 12.2 Å². The van der Waals surface area contributed by atoms with Gasteiger partial charge in [-0.3, -0.25) is 0 Å². The Morgan fingerprint density at radius 3 is 2.55 bits per heavy atom. The highest BCUT2D eigenvalue weighted by molar-refractivity contribution is 5.58. The van der Waals surface area contributed by atoms with Crippen molar-refractivity contribution in [3.63, 3.8) is 0 Å². The van der Waals surface area contributed by atoms with Gasteiger partial charge < -0.3 is 10.0 Å². The maximum atomic E-state index is 13.3. The molecule has 0 aliphatic carbocycles. The molecule has 1 heterocycles. The molecule has 0 saturated carbocycles. The van der Waals surface area contributed by atoms with Crippen LogP contribution in [-0.2, 0) is 12.8 Å². The molecule has 0 spiro atoms. The Hall–Kier alpha value is -1.23. The third kappa shape index (κ3) is 2.77. The van der Waals surface area contributed by atoms with E-state index in [1.807, 2.05) is 18.7 Å². The predicted molar refractivity (Wildman–Crippen MR) is 72.6 cm³/mol. The van der Waals surface area contributed by atoms with Gasteiger partial charge >= 0.3 is 6.18 Å². The Kier molecular flexibility index (Phi) is 4.28. The van der Waals surface area contributed by atoms with E-state index in [0.29, 0.717) is 5.56 Å². The van der Waals surface area contributed by atoms with E-state index in [4.69, 9.17) is 5.11 Å². The molecule has 1 aliphatic rings. The van der Waals surface area contributed by atoms with Crippen molar-refractivity contribution in [1.29, 1.82) is 0 Å². The van der Waals surface area contributed by atoms with E-state index in [1.165, 1.54) is 6.07 Å². The van der Waals surface area contributed by atoms with Crippen molar-refractivity contribution in [2.45, 2.75) is 58.0 Å². The van der Waals surface area contributed by atoms with Gasteiger partial charge in [0.1, 0.15) is 0 Å². The Labute approximate surface area is 117 Å². The average molecular weight is 287 g/mol. The van der Waals surface area contributed by atoms with Crippen LogP contribution in [0.4, 0.5) is 18.9 Å². The van der Waals surface area contributed by atoms with Crippen molar-refractivity contribution >= 4 is 5.69 Å². The fraction of sp³-hybridized carbons (Fsp3) is 0.600. The Bertz CT molecular complexity index is 473. The molecule has 2 nitrogen and oxygen atoms in total. The highest BCUT2D eigenvalue weighted by Gasteiger charge is 2.39. The van der Waals surface area contributed by atoms with Gasteiger partial charge in [0.15, 0.2) is 0 Å². The summed E-state index contributed by atoms with van der Waals surface area (Å²) in [4.78, 5) is 1.89. The van der Waals surface area contributed by atoms with Gasteiger partial charge in [0, 0.05) is 17.8 Å². The monoisotopic (exact) mass is 287 g/mol. The SMILES string of the molecule is CCC1CCC(C)N1c1ccc(CO)cc1C(F)(F)F. The van der Waals surface area contributed by atoms with E-state index in [2.05, 4.69) is 0 Å². The molecule has 2 unspecified atom stereocenters. The Balaban J connectivity index is 2.50. The molecule has 0 bridgehead atoms. The second-order valence-corrected chi connectivity index (χ2v) is 5.40. The summed E-state index contributed by atoms with van der Waals surface area (Å²) in [6, 6.07) is 4.40. The van der Waals surface area contributed by atoms with E-state index < -0.39 is 11.7 Å². The quantitative estimate of drug-likeness (QED) is 0.909. The third-order valence-corrected chi connectivity index (χ3v) is 4.08. The van der Waals surface area contributed by atoms with Crippen LogP contribution in [0.2, 0.25) is 0 Å². The summed E-state index contributed by atoms with van der Waals surface area (Å²) >= 11 is 0. The topological polar surface area (TPSA) is 23.5 Å². The molecule has 5 heteroatoms. The van der Waals surface area contributed by atoms with E-state index in [9.17, 15) is 13.2 Å². The molecule has 1 aromatic rings. The summed E-state index contributed by atoms with van der Waals surface area (Å²) in [5.41, 5.74) is -0.108. The second-order valence-electron chi connectivity index (χ2n) is 5.40. The van der Waals surface area contributed by atoms with E-state index >= 15 is 0 Å². The van der Waals surface area contributed by atoms with Crippen LogP contribution in [0.1, 0.15) is 44.2 Å². The minimum atomic E-state index is -4.40. The van der Waals surface area contributed by atoms with Gasteiger partial charge in [0.25, 0.3) is 0 Å². The van der Waals surface area contributed by atoms with Crippen LogP contribution in [0.25, 0.3) is 0 Å². The summed E-state index contributed by atoms with van der Waals surface area (Å²) in [6.07, 6.45) is -1.72. The number of alkyl halides is 3. The molecule has 1 saturated heterocycles. The minimum Gasteiger partial charge on any atom is -0.392 e. The van der Waals surface area contributed by atoms with Crippen molar-refractivity contribution in [1.82, 2.24) is 0 Å². The van der Waals surface area contributed by atoms with Gasteiger partial charge in [-0.2, -0.15) is 13.2 Å². The van der Waals surface area contributed by atoms with Crippen LogP contribution in [0.15, 0.2) is 18.2 Å². The lowest BCUT2D eigenvalue weighted by molar-refractivity contribution is -0.137. The molecule has 20 heavy (non-hydrogen) atoms. The van der Waals surface area contributed by atoms with Crippen molar-refractivity contribution in [3.8, 4) is 0 Å². The maximum absolute atomic E-state index is 13.3. The van der Waals surface area contributed by atoms with Crippen LogP contribution >= 0.6 is 0 Å². The number of halogens is 3. The standard InChI is InChI=1S/C15H20F3NO/c1-3-12-6-4-10(2)19(12)14-7-5-11(9-20)8-13(14)15(16,17)18/h5,7-8,10,12,20H,3-4,6,9H2,1-2H3. The summed E-state index contributed by atoms with van der Waals surface area (Å²) in [5, 5.41) is 9.05. The van der Waals surface area contributed by atoms with Gasteiger partial charge in [-0.25, -0.2) is 0 Å². The number of nitrogens with zero attached hydrogens (tertiary/aromatic N) is 1. The molecule has 0 amide bonds. The zero-order valence-electron chi connectivity index (χ0n) is 11.7. The van der Waals surface area contributed by atoms with Gasteiger partial charge in [-0.15, -0.1) is 0 Å². The summed E-state index contributed by atoms with van der Waals surface area (Å²) in [7, 11) is 0. The second kappa shape index (κ2) is 5.64. The molecular weight excluding hydrogens is 267 g/mol. The normalized spacial score (nSPS) is 23.4. The molecule has 1 aromatic carbocycles. The molecule has 2 atom stereocenters. The smallest absolute Gasteiger partial charge is 0.392 e. The number of rotatable bonds is 3. The lowest BCUT2D eigenvalue weighted by Crippen LogP contribution is -2.35. The molecule has 1 aliphatic heterocycles. The maximum Gasteiger partial charge on any atom is 0.418 e. The first-order valence-corrected chi connectivity index (χ1v) is 6.97. The predicted octanol–water partition coefficient (Wildman–Crippen LogP) is 3.97. The third-order valence-electron chi connectivity index (χ3n) is 4.08. The summed E-state index contributed by atoms with van der Waals surface area (Å²) in [5.74, 6) is 0. The zero-order valence-corrected chi connectivity index (χ0v) is 11.7. The number of anilines is 1. The highest BCUT2D eigenvalue weighted by atomic mass is 19.4. The number of aliphatic hydroxyl groups is 1. The molecule has 112 valence electrons. The lowest BCUT2D eigenvalue weighted by Gasteiger charge is -2.32. The number of benzene rings is 1. The zero-order chi connectivity index (χ0) is 14.9. The van der Waals surface area contributed by atoms with Gasteiger partial charge in [-0.1, -0.05) is 13.0 Å². The molecule has 2 rings (SSSR count). The minimum absolute atomic E-state index is 0.112. The first-order valence-electron chi connectivity index (χ1n) is 6.97. The van der Waals surface area contributed by atoms with Crippen LogP contribution in [-0.4, -0.2) is 17.2 Å². The van der Waals surface area contributed by atoms with Crippen LogP contribution < -0.4 is 4.90 Å². The van der Waals surface area contributed by atoms with Crippen molar-refractivity contribution in [3.05, 3.63) is 29.3 Å². The van der Waals surface area contributed by atoms with E-state index in [1.54, 1.807) is 6.07 Å². The van der Waals surface area contributed by atoms with Crippen molar-refractivity contribution < 1.29 is 18.3 Å². The number of hydrogen-bond donors (Lipinski definition) is 1. The summed E-state index contributed by atoms with van der Waals surface area (Å²) in [6.45, 7) is 3.59. The summed E-state index contributed by atoms with van der Waals surface area (Å²) < 4.78 is 39.8. The van der Waals surface area contributed by atoms with Gasteiger partial charge in [-0.05, 0) is 43.9 Å². The van der Waals surface area contributed by atoms with Crippen molar-refractivity contribution in [2.75, 3.05) is 4.90 Å². The molecule has 1 fully saturated rings.